The maximum absolute atomic E-state index is 11.9. The Morgan fingerprint density at radius 3 is 2.80 bits per heavy atom. The Hall–Kier alpha value is -1.67. The van der Waals surface area contributed by atoms with Crippen LogP contribution in [0.3, 0.4) is 0 Å². The molecule has 0 bridgehead atoms. The number of hydrogen-bond acceptors (Lipinski definition) is 5. The van der Waals surface area contributed by atoms with Crippen molar-refractivity contribution in [1.82, 2.24) is 10.2 Å². The van der Waals surface area contributed by atoms with Crippen LogP contribution in [-0.2, 0) is 4.79 Å². The summed E-state index contributed by atoms with van der Waals surface area (Å²) in [5.41, 5.74) is -0.0715. The van der Waals surface area contributed by atoms with Crippen LogP contribution in [0.4, 0.5) is 5.69 Å². The van der Waals surface area contributed by atoms with Crippen molar-refractivity contribution in [3.63, 3.8) is 0 Å². The van der Waals surface area contributed by atoms with E-state index in [0.717, 1.165) is 13.1 Å². The maximum atomic E-state index is 11.9. The first kappa shape index (κ1) is 14.7. The molecule has 0 unspecified atom stereocenters. The second-order valence-electron chi connectivity index (χ2n) is 4.29. The SMILES string of the molecule is O=C(COc1cc([N+](=O)[O-])ccc1Br)N1CCNCC1. The topological polar surface area (TPSA) is 84.7 Å². The largest absolute Gasteiger partial charge is 0.482 e. The Bertz CT molecular complexity index is 517. The van der Waals surface area contributed by atoms with E-state index in [1.54, 1.807) is 4.90 Å². The molecule has 1 heterocycles. The number of nitrogens with one attached hydrogen (secondary N) is 1. The number of hydrogen-bond donors (Lipinski definition) is 1. The summed E-state index contributed by atoms with van der Waals surface area (Å²) < 4.78 is 5.96. The molecule has 0 aromatic heterocycles. The minimum atomic E-state index is -0.503. The van der Waals surface area contributed by atoms with Crippen LogP contribution >= 0.6 is 15.9 Å². The molecule has 108 valence electrons. The lowest BCUT2D eigenvalue weighted by Gasteiger charge is -2.27. The van der Waals surface area contributed by atoms with E-state index >= 15 is 0 Å². The molecular formula is C12H14BrN3O4. The Morgan fingerprint density at radius 1 is 1.45 bits per heavy atom. The molecule has 1 N–H and O–H groups in total. The Balaban J connectivity index is 1.97. The van der Waals surface area contributed by atoms with Gasteiger partial charge in [-0.05, 0) is 22.0 Å². The molecule has 20 heavy (non-hydrogen) atoms. The van der Waals surface area contributed by atoms with Gasteiger partial charge in [-0.2, -0.15) is 0 Å². The monoisotopic (exact) mass is 343 g/mol. The number of ether oxygens (including phenoxy) is 1. The number of nitro groups is 1. The molecule has 2 rings (SSSR count). The van der Waals surface area contributed by atoms with Gasteiger partial charge in [0, 0.05) is 32.2 Å². The summed E-state index contributed by atoms with van der Waals surface area (Å²) in [4.78, 5) is 23.8. The van der Waals surface area contributed by atoms with E-state index in [4.69, 9.17) is 4.74 Å². The second-order valence-corrected chi connectivity index (χ2v) is 5.15. The minimum absolute atomic E-state index is 0.0715. The van der Waals surface area contributed by atoms with E-state index in [0.29, 0.717) is 23.3 Å². The molecule has 1 amide bonds. The molecule has 0 aliphatic carbocycles. The number of amides is 1. The van der Waals surface area contributed by atoms with Crippen LogP contribution in [0, 0.1) is 10.1 Å². The lowest BCUT2D eigenvalue weighted by molar-refractivity contribution is -0.385. The zero-order valence-electron chi connectivity index (χ0n) is 10.7. The average Bonchev–Trinajstić information content (AvgIpc) is 2.46. The predicted octanol–water partition coefficient (Wildman–Crippen LogP) is 1.17. The fourth-order valence-electron chi connectivity index (χ4n) is 1.86. The summed E-state index contributed by atoms with van der Waals surface area (Å²) in [6.07, 6.45) is 0. The smallest absolute Gasteiger partial charge is 0.273 e. The highest BCUT2D eigenvalue weighted by molar-refractivity contribution is 9.10. The Kier molecular flexibility index (Phi) is 4.91. The Morgan fingerprint density at radius 2 is 2.15 bits per heavy atom. The van der Waals surface area contributed by atoms with Gasteiger partial charge in [-0.25, -0.2) is 0 Å². The molecule has 1 aliphatic heterocycles. The third kappa shape index (κ3) is 3.67. The molecule has 1 aromatic rings. The van der Waals surface area contributed by atoms with Crippen LogP contribution in [0.15, 0.2) is 22.7 Å². The molecule has 0 atom stereocenters. The van der Waals surface area contributed by atoms with Gasteiger partial charge in [0.1, 0.15) is 5.75 Å². The Labute approximate surface area is 124 Å². The van der Waals surface area contributed by atoms with Gasteiger partial charge in [-0.3, -0.25) is 14.9 Å². The number of non-ortho nitro benzene ring substituents is 1. The van der Waals surface area contributed by atoms with E-state index in [-0.39, 0.29) is 18.2 Å². The average molecular weight is 344 g/mol. The molecule has 1 fully saturated rings. The van der Waals surface area contributed by atoms with E-state index in [1.165, 1.54) is 18.2 Å². The van der Waals surface area contributed by atoms with Gasteiger partial charge in [0.25, 0.3) is 11.6 Å². The lowest BCUT2D eigenvalue weighted by Crippen LogP contribution is -2.47. The summed E-state index contributed by atoms with van der Waals surface area (Å²) in [6, 6.07) is 4.20. The van der Waals surface area contributed by atoms with E-state index in [2.05, 4.69) is 21.2 Å². The summed E-state index contributed by atoms with van der Waals surface area (Å²) in [7, 11) is 0. The first-order valence-corrected chi connectivity index (χ1v) is 6.92. The fraction of sp³-hybridized carbons (Fsp3) is 0.417. The molecule has 7 nitrogen and oxygen atoms in total. The highest BCUT2D eigenvalue weighted by Gasteiger charge is 2.18. The summed E-state index contributed by atoms with van der Waals surface area (Å²) in [5, 5.41) is 13.9. The maximum Gasteiger partial charge on any atom is 0.273 e. The van der Waals surface area contributed by atoms with Crippen molar-refractivity contribution in [2.24, 2.45) is 0 Å². The zero-order chi connectivity index (χ0) is 14.5. The third-order valence-electron chi connectivity index (χ3n) is 2.95. The van der Waals surface area contributed by atoms with Crippen LogP contribution in [0.1, 0.15) is 0 Å². The molecule has 0 spiro atoms. The quantitative estimate of drug-likeness (QED) is 0.655. The number of nitrogens with zero attached hydrogens (tertiary/aromatic N) is 2. The third-order valence-corrected chi connectivity index (χ3v) is 3.60. The second kappa shape index (κ2) is 6.67. The summed E-state index contributed by atoms with van der Waals surface area (Å²) >= 11 is 3.24. The fourth-order valence-corrected chi connectivity index (χ4v) is 2.22. The van der Waals surface area contributed by atoms with Crippen LogP contribution in [0.2, 0.25) is 0 Å². The van der Waals surface area contributed by atoms with Crippen LogP contribution in [0.25, 0.3) is 0 Å². The van der Waals surface area contributed by atoms with Gasteiger partial charge in [0.2, 0.25) is 0 Å². The number of nitro benzene ring substituents is 1. The molecule has 0 saturated carbocycles. The number of carbonyl (C=O) groups excluding carboxylic acids is 1. The first-order chi connectivity index (χ1) is 9.58. The standard InChI is InChI=1S/C12H14BrN3O4/c13-10-2-1-9(16(18)19)7-11(10)20-8-12(17)15-5-3-14-4-6-15/h1-2,7,14H,3-6,8H2. The molecule has 1 saturated heterocycles. The van der Waals surface area contributed by atoms with E-state index in [9.17, 15) is 14.9 Å². The van der Waals surface area contributed by atoms with Crippen molar-refractivity contribution < 1.29 is 14.5 Å². The summed E-state index contributed by atoms with van der Waals surface area (Å²) in [5.74, 6) is 0.174. The normalized spacial score (nSPS) is 14.9. The predicted molar refractivity (Wildman–Crippen MR) is 75.7 cm³/mol. The number of piperazine rings is 1. The number of halogens is 1. The lowest BCUT2D eigenvalue weighted by atomic mass is 10.3. The molecular weight excluding hydrogens is 330 g/mol. The van der Waals surface area contributed by atoms with Crippen molar-refractivity contribution in [3.05, 3.63) is 32.8 Å². The zero-order valence-corrected chi connectivity index (χ0v) is 12.3. The molecule has 1 aliphatic rings. The summed E-state index contributed by atoms with van der Waals surface area (Å²) in [6.45, 7) is 2.72. The van der Waals surface area contributed by atoms with Crippen molar-refractivity contribution >= 4 is 27.5 Å². The van der Waals surface area contributed by atoms with Crippen molar-refractivity contribution in [2.75, 3.05) is 32.8 Å². The molecule has 8 heteroatoms. The van der Waals surface area contributed by atoms with E-state index < -0.39 is 4.92 Å². The number of rotatable bonds is 4. The first-order valence-electron chi connectivity index (χ1n) is 6.13. The van der Waals surface area contributed by atoms with Crippen LogP contribution in [0.5, 0.6) is 5.75 Å². The van der Waals surface area contributed by atoms with E-state index in [1.807, 2.05) is 0 Å². The highest BCUT2D eigenvalue weighted by Crippen LogP contribution is 2.29. The number of benzene rings is 1. The van der Waals surface area contributed by atoms with Crippen molar-refractivity contribution in [3.8, 4) is 5.75 Å². The molecule has 1 aromatic carbocycles. The van der Waals surface area contributed by atoms with Crippen molar-refractivity contribution in [2.45, 2.75) is 0 Å². The highest BCUT2D eigenvalue weighted by atomic mass is 79.9. The van der Waals surface area contributed by atoms with Gasteiger partial charge in [0.15, 0.2) is 6.61 Å². The van der Waals surface area contributed by atoms with Gasteiger partial charge in [-0.15, -0.1) is 0 Å². The van der Waals surface area contributed by atoms with Gasteiger partial charge in [0.05, 0.1) is 15.5 Å². The van der Waals surface area contributed by atoms with Gasteiger partial charge < -0.3 is 15.0 Å². The van der Waals surface area contributed by atoms with Crippen LogP contribution in [-0.4, -0.2) is 48.5 Å². The van der Waals surface area contributed by atoms with Gasteiger partial charge >= 0.3 is 0 Å². The van der Waals surface area contributed by atoms with Gasteiger partial charge in [-0.1, -0.05) is 0 Å². The van der Waals surface area contributed by atoms with Crippen LogP contribution < -0.4 is 10.1 Å². The number of carbonyl (C=O) groups is 1. The molecule has 0 radical (unpaired) electrons. The minimum Gasteiger partial charge on any atom is -0.482 e. The van der Waals surface area contributed by atoms with Crippen molar-refractivity contribution in [1.29, 1.82) is 0 Å².